The number of aliphatic hydroxyl groups is 1. The average molecular weight is 285 g/mol. The maximum Gasteiger partial charge on any atom is 0.252 e. The number of aliphatic hydroxyl groups excluding tert-OH is 1. The van der Waals surface area contributed by atoms with Gasteiger partial charge in [-0.2, -0.15) is 5.10 Å². The van der Waals surface area contributed by atoms with Gasteiger partial charge in [-0.3, -0.25) is 9.89 Å². The first-order valence-corrected chi connectivity index (χ1v) is 7.36. The van der Waals surface area contributed by atoms with Gasteiger partial charge in [0.25, 0.3) is 5.91 Å². The smallest absolute Gasteiger partial charge is 0.252 e. The number of H-pyrrole nitrogens is 1. The second-order valence-corrected chi connectivity index (χ2v) is 5.26. The summed E-state index contributed by atoms with van der Waals surface area (Å²) in [4.78, 5) is 12.2. The van der Waals surface area contributed by atoms with Crippen molar-refractivity contribution in [1.29, 1.82) is 0 Å². The average Bonchev–Trinajstić information content (AvgIpc) is 2.96. The standard InChI is InChI=1S/C16H19N3O2/c20-10-9-17-16(21)12-6-2-1-5-11(12)15-13-7-3-4-8-14(13)18-19-15/h1-2,5-6,20H,3-4,7-10H2,(H,17,21)(H,18,19). The van der Waals surface area contributed by atoms with E-state index in [-0.39, 0.29) is 19.1 Å². The minimum absolute atomic E-state index is 0.0638. The van der Waals surface area contributed by atoms with Gasteiger partial charge in [0, 0.05) is 28.9 Å². The molecule has 0 saturated carbocycles. The van der Waals surface area contributed by atoms with Crippen molar-refractivity contribution in [2.45, 2.75) is 25.7 Å². The topological polar surface area (TPSA) is 78.0 Å². The van der Waals surface area contributed by atoms with Crippen LogP contribution in [0, 0.1) is 0 Å². The number of nitrogens with zero attached hydrogens (tertiary/aromatic N) is 1. The zero-order valence-electron chi connectivity index (χ0n) is 11.9. The SMILES string of the molecule is O=C(NCCO)c1ccccc1-c1n[nH]c2c1CCCC2. The van der Waals surface area contributed by atoms with Crippen molar-refractivity contribution < 1.29 is 9.90 Å². The monoisotopic (exact) mass is 285 g/mol. The molecule has 0 fully saturated rings. The van der Waals surface area contributed by atoms with Crippen LogP contribution in [0.1, 0.15) is 34.5 Å². The van der Waals surface area contributed by atoms with Gasteiger partial charge in [0.1, 0.15) is 0 Å². The molecular weight excluding hydrogens is 266 g/mol. The number of hydrogen-bond donors (Lipinski definition) is 3. The Morgan fingerprint density at radius 2 is 2.10 bits per heavy atom. The van der Waals surface area contributed by atoms with Crippen molar-refractivity contribution in [1.82, 2.24) is 15.5 Å². The van der Waals surface area contributed by atoms with Crippen molar-refractivity contribution in [3.05, 3.63) is 41.1 Å². The maximum absolute atomic E-state index is 12.2. The zero-order chi connectivity index (χ0) is 14.7. The van der Waals surface area contributed by atoms with Gasteiger partial charge in [0.15, 0.2) is 0 Å². The summed E-state index contributed by atoms with van der Waals surface area (Å²) in [6.45, 7) is 0.192. The molecule has 5 heteroatoms. The lowest BCUT2D eigenvalue weighted by Crippen LogP contribution is -2.26. The highest BCUT2D eigenvalue weighted by Gasteiger charge is 2.21. The van der Waals surface area contributed by atoms with Crippen molar-refractivity contribution in [3.63, 3.8) is 0 Å². The molecule has 0 unspecified atom stereocenters. The van der Waals surface area contributed by atoms with Gasteiger partial charge in [0.05, 0.1) is 12.3 Å². The third kappa shape index (κ3) is 2.69. The predicted octanol–water partition coefficient (Wildman–Crippen LogP) is 1.68. The highest BCUT2D eigenvalue weighted by Crippen LogP contribution is 2.31. The molecule has 0 bridgehead atoms. The second kappa shape index (κ2) is 6.10. The van der Waals surface area contributed by atoms with Gasteiger partial charge in [-0.15, -0.1) is 0 Å². The lowest BCUT2D eigenvalue weighted by molar-refractivity contribution is 0.0945. The Bertz CT molecular complexity index is 649. The lowest BCUT2D eigenvalue weighted by Gasteiger charge is -2.13. The number of rotatable bonds is 4. The van der Waals surface area contributed by atoms with Gasteiger partial charge in [0.2, 0.25) is 0 Å². The molecule has 3 rings (SSSR count). The Labute approximate surface area is 123 Å². The highest BCUT2D eigenvalue weighted by atomic mass is 16.3. The van der Waals surface area contributed by atoms with Crippen molar-refractivity contribution in [2.75, 3.05) is 13.2 Å². The molecule has 0 aliphatic heterocycles. The Morgan fingerprint density at radius 1 is 1.29 bits per heavy atom. The minimum Gasteiger partial charge on any atom is -0.395 e. The molecule has 1 aliphatic rings. The third-order valence-electron chi connectivity index (χ3n) is 3.88. The van der Waals surface area contributed by atoms with Crippen molar-refractivity contribution in [3.8, 4) is 11.3 Å². The van der Waals surface area contributed by atoms with Crippen LogP contribution in [0.15, 0.2) is 24.3 Å². The number of amides is 1. The number of nitrogens with one attached hydrogen (secondary N) is 2. The van der Waals surface area contributed by atoms with E-state index < -0.39 is 0 Å². The first-order valence-electron chi connectivity index (χ1n) is 7.36. The summed E-state index contributed by atoms with van der Waals surface area (Å²) < 4.78 is 0. The Morgan fingerprint density at radius 3 is 2.95 bits per heavy atom. The van der Waals surface area contributed by atoms with E-state index >= 15 is 0 Å². The molecule has 1 aliphatic carbocycles. The first-order chi connectivity index (χ1) is 10.3. The molecule has 21 heavy (non-hydrogen) atoms. The summed E-state index contributed by atoms with van der Waals surface area (Å²) in [5.74, 6) is -0.174. The Kier molecular flexibility index (Phi) is 4.01. The zero-order valence-corrected chi connectivity index (χ0v) is 11.9. The summed E-state index contributed by atoms with van der Waals surface area (Å²) in [6, 6.07) is 7.49. The Balaban J connectivity index is 1.99. The fraction of sp³-hybridized carbons (Fsp3) is 0.375. The molecule has 5 nitrogen and oxygen atoms in total. The van der Waals surface area contributed by atoms with E-state index in [0.717, 1.165) is 24.1 Å². The molecule has 110 valence electrons. The maximum atomic E-state index is 12.2. The summed E-state index contributed by atoms with van der Waals surface area (Å²) in [6.07, 6.45) is 4.39. The van der Waals surface area contributed by atoms with Gasteiger partial charge in [-0.25, -0.2) is 0 Å². The largest absolute Gasteiger partial charge is 0.395 e. The van der Waals surface area contributed by atoms with Crippen LogP contribution in [-0.2, 0) is 12.8 Å². The van der Waals surface area contributed by atoms with Crippen LogP contribution in [0.2, 0.25) is 0 Å². The van der Waals surface area contributed by atoms with Crippen LogP contribution in [0.3, 0.4) is 0 Å². The minimum atomic E-state index is -0.174. The van der Waals surface area contributed by atoms with Crippen LogP contribution in [0.4, 0.5) is 0 Å². The van der Waals surface area contributed by atoms with Crippen molar-refractivity contribution >= 4 is 5.91 Å². The molecule has 0 atom stereocenters. The summed E-state index contributed by atoms with van der Waals surface area (Å²) in [7, 11) is 0. The fourth-order valence-electron chi connectivity index (χ4n) is 2.86. The predicted molar refractivity (Wildman–Crippen MR) is 80.1 cm³/mol. The molecule has 0 radical (unpaired) electrons. The van der Waals surface area contributed by atoms with Crippen LogP contribution in [-0.4, -0.2) is 34.4 Å². The first kappa shape index (κ1) is 13.8. The summed E-state index contributed by atoms with van der Waals surface area (Å²) in [5, 5.41) is 19.1. The van der Waals surface area contributed by atoms with Crippen LogP contribution in [0.25, 0.3) is 11.3 Å². The van der Waals surface area contributed by atoms with E-state index in [1.807, 2.05) is 18.2 Å². The number of carbonyl (C=O) groups is 1. The number of carbonyl (C=O) groups excluding carboxylic acids is 1. The molecular formula is C16H19N3O2. The van der Waals surface area contributed by atoms with Gasteiger partial charge < -0.3 is 10.4 Å². The van der Waals surface area contributed by atoms with E-state index in [2.05, 4.69) is 15.5 Å². The van der Waals surface area contributed by atoms with Crippen molar-refractivity contribution in [2.24, 2.45) is 0 Å². The van der Waals surface area contributed by atoms with E-state index in [1.165, 1.54) is 24.1 Å². The van der Waals surface area contributed by atoms with Gasteiger partial charge in [-0.1, -0.05) is 18.2 Å². The molecule has 1 aromatic carbocycles. The Hall–Kier alpha value is -2.14. The molecule has 1 aromatic heterocycles. The normalized spacial score (nSPS) is 13.8. The molecule has 3 N–H and O–H groups in total. The fourth-order valence-corrected chi connectivity index (χ4v) is 2.86. The molecule has 0 saturated heterocycles. The van der Waals surface area contributed by atoms with Gasteiger partial charge >= 0.3 is 0 Å². The van der Waals surface area contributed by atoms with E-state index in [9.17, 15) is 4.79 Å². The van der Waals surface area contributed by atoms with Crippen LogP contribution < -0.4 is 5.32 Å². The molecule has 0 spiro atoms. The quantitative estimate of drug-likeness (QED) is 0.799. The number of fused-ring (bicyclic) bond motifs is 1. The third-order valence-corrected chi connectivity index (χ3v) is 3.88. The number of benzene rings is 1. The van der Waals surface area contributed by atoms with Crippen LogP contribution in [0.5, 0.6) is 0 Å². The molecule has 1 amide bonds. The number of hydrogen-bond acceptors (Lipinski definition) is 3. The van der Waals surface area contributed by atoms with Gasteiger partial charge in [-0.05, 0) is 31.7 Å². The van der Waals surface area contributed by atoms with E-state index in [0.29, 0.717) is 5.56 Å². The highest BCUT2D eigenvalue weighted by molar-refractivity contribution is 6.00. The van der Waals surface area contributed by atoms with Crippen LogP contribution >= 0.6 is 0 Å². The summed E-state index contributed by atoms with van der Waals surface area (Å²) >= 11 is 0. The number of aryl methyl sites for hydroxylation is 1. The lowest BCUT2D eigenvalue weighted by atomic mass is 9.92. The van der Waals surface area contributed by atoms with E-state index in [1.54, 1.807) is 6.07 Å². The number of aromatic nitrogens is 2. The summed E-state index contributed by atoms with van der Waals surface area (Å²) in [5.41, 5.74) is 4.78. The molecule has 2 aromatic rings. The van der Waals surface area contributed by atoms with E-state index in [4.69, 9.17) is 5.11 Å². The second-order valence-electron chi connectivity index (χ2n) is 5.26. The molecule has 1 heterocycles. The number of aromatic amines is 1.